The van der Waals surface area contributed by atoms with Crippen molar-refractivity contribution < 1.29 is 9.53 Å². The van der Waals surface area contributed by atoms with Gasteiger partial charge in [0.15, 0.2) is 0 Å². The van der Waals surface area contributed by atoms with Crippen LogP contribution in [0, 0.1) is 0 Å². The number of carbonyl (C=O) groups excluding carboxylic acids is 1. The molecule has 1 rings (SSSR count). The molecule has 1 aromatic rings. The van der Waals surface area contributed by atoms with Crippen LogP contribution in [0.3, 0.4) is 0 Å². The Balaban J connectivity index is 2.47. The Kier molecular flexibility index (Phi) is 4.19. The van der Waals surface area contributed by atoms with Gasteiger partial charge < -0.3 is 10.1 Å². The topological polar surface area (TPSA) is 51.2 Å². The second-order valence-electron chi connectivity index (χ2n) is 2.62. The third kappa shape index (κ3) is 3.22. The van der Waals surface area contributed by atoms with Crippen LogP contribution >= 0.6 is 11.6 Å². The Hall–Kier alpha value is -1.29. The van der Waals surface area contributed by atoms with Gasteiger partial charge in [-0.2, -0.15) is 0 Å². The Morgan fingerprint density at radius 1 is 1.64 bits per heavy atom. The minimum absolute atomic E-state index is 0.0242. The van der Waals surface area contributed by atoms with Gasteiger partial charge in [-0.3, -0.25) is 4.79 Å². The summed E-state index contributed by atoms with van der Waals surface area (Å²) in [6.45, 7) is 0.433. The van der Waals surface area contributed by atoms with Crippen molar-refractivity contribution in [3.05, 3.63) is 23.9 Å². The summed E-state index contributed by atoms with van der Waals surface area (Å²) >= 11 is 5.32. The van der Waals surface area contributed by atoms with E-state index in [1.807, 2.05) is 6.07 Å². The highest BCUT2D eigenvalue weighted by molar-refractivity contribution is 6.27. The molecule has 0 unspecified atom stereocenters. The molecule has 0 spiro atoms. The lowest BCUT2D eigenvalue weighted by atomic mass is 10.3. The van der Waals surface area contributed by atoms with Crippen molar-refractivity contribution in [3.63, 3.8) is 0 Å². The first-order valence-electron chi connectivity index (χ1n) is 4.08. The van der Waals surface area contributed by atoms with Crippen LogP contribution in [0.15, 0.2) is 18.3 Å². The van der Waals surface area contributed by atoms with E-state index in [1.54, 1.807) is 19.4 Å². The van der Waals surface area contributed by atoms with Gasteiger partial charge in [0.2, 0.25) is 11.8 Å². The number of hydrogen-bond donors (Lipinski definition) is 1. The van der Waals surface area contributed by atoms with Crippen molar-refractivity contribution >= 4 is 17.5 Å². The fraction of sp³-hybridized carbons (Fsp3) is 0.333. The molecule has 0 saturated heterocycles. The molecule has 0 aromatic carbocycles. The van der Waals surface area contributed by atoms with Crippen LogP contribution in [0.25, 0.3) is 0 Å². The maximum Gasteiger partial charge on any atom is 0.235 e. The molecule has 1 amide bonds. The first kappa shape index (κ1) is 10.8. The number of nitrogens with zero attached hydrogens (tertiary/aromatic N) is 1. The zero-order valence-electron chi connectivity index (χ0n) is 7.79. The number of rotatable bonds is 4. The van der Waals surface area contributed by atoms with Gasteiger partial charge in [-0.1, -0.05) is 6.07 Å². The van der Waals surface area contributed by atoms with Gasteiger partial charge in [0, 0.05) is 18.8 Å². The second-order valence-corrected chi connectivity index (χ2v) is 2.89. The number of pyridine rings is 1. The largest absolute Gasteiger partial charge is 0.481 e. The molecular formula is C9H11ClN2O2. The number of carbonyl (C=O) groups is 1. The standard InChI is InChI=1S/C9H11ClN2O2/c1-14-9-3-2-7(6-12-9)5-11-8(13)4-10/h2-3,6H,4-5H2,1H3,(H,11,13). The van der Waals surface area contributed by atoms with E-state index in [2.05, 4.69) is 10.3 Å². The smallest absolute Gasteiger partial charge is 0.235 e. The summed E-state index contributed by atoms with van der Waals surface area (Å²) in [5, 5.41) is 2.63. The number of methoxy groups -OCH3 is 1. The molecule has 14 heavy (non-hydrogen) atoms. The van der Waals surface area contributed by atoms with Gasteiger partial charge in [-0.15, -0.1) is 11.6 Å². The van der Waals surface area contributed by atoms with E-state index in [1.165, 1.54) is 0 Å². The molecule has 76 valence electrons. The summed E-state index contributed by atoms with van der Waals surface area (Å²) in [4.78, 5) is 14.8. The molecule has 4 nitrogen and oxygen atoms in total. The fourth-order valence-electron chi connectivity index (χ4n) is 0.884. The van der Waals surface area contributed by atoms with Crippen LogP contribution in [-0.4, -0.2) is 23.9 Å². The quantitative estimate of drug-likeness (QED) is 0.760. The third-order valence-corrected chi connectivity index (χ3v) is 1.86. The van der Waals surface area contributed by atoms with E-state index in [4.69, 9.17) is 16.3 Å². The predicted molar refractivity (Wildman–Crippen MR) is 53.4 cm³/mol. The summed E-state index contributed by atoms with van der Waals surface area (Å²) in [6, 6.07) is 3.57. The van der Waals surface area contributed by atoms with Gasteiger partial charge in [0.05, 0.1) is 7.11 Å². The number of amides is 1. The number of ether oxygens (including phenoxy) is 1. The molecule has 0 saturated carbocycles. The van der Waals surface area contributed by atoms with Crippen molar-refractivity contribution in [2.75, 3.05) is 13.0 Å². The van der Waals surface area contributed by atoms with Gasteiger partial charge in [-0.25, -0.2) is 4.98 Å². The summed E-state index contributed by atoms with van der Waals surface area (Å²) in [7, 11) is 1.55. The minimum atomic E-state index is -0.192. The summed E-state index contributed by atoms with van der Waals surface area (Å²) < 4.78 is 4.90. The highest BCUT2D eigenvalue weighted by Crippen LogP contribution is 2.05. The first-order chi connectivity index (χ1) is 6.76. The molecule has 0 aliphatic rings. The fourth-order valence-corrected chi connectivity index (χ4v) is 0.979. The first-order valence-corrected chi connectivity index (χ1v) is 4.61. The third-order valence-electron chi connectivity index (χ3n) is 1.62. The Morgan fingerprint density at radius 2 is 2.43 bits per heavy atom. The lowest BCUT2D eigenvalue weighted by Gasteiger charge is -2.03. The van der Waals surface area contributed by atoms with Gasteiger partial charge in [0.1, 0.15) is 5.88 Å². The zero-order valence-corrected chi connectivity index (χ0v) is 8.54. The lowest BCUT2D eigenvalue weighted by molar-refractivity contribution is -0.118. The molecule has 0 atom stereocenters. The van der Waals surface area contributed by atoms with E-state index in [0.29, 0.717) is 12.4 Å². The monoisotopic (exact) mass is 214 g/mol. The minimum Gasteiger partial charge on any atom is -0.481 e. The van der Waals surface area contributed by atoms with Crippen molar-refractivity contribution in [1.29, 1.82) is 0 Å². The van der Waals surface area contributed by atoms with Crippen LogP contribution < -0.4 is 10.1 Å². The molecule has 0 fully saturated rings. The summed E-state index contributed by atoms with van der Waals surface area (Å²) in [6.07, 6.45) is 1.65. The number of nitrogens with one attached hydrogen (secondary N) is 1. The van der Waals surface area contributed by atoms with Gasteiger partial charge >= 0.3 is 0 Å². The van der Waals surface area contributed by atoms with E-state index in [9.17, 15) is 4.79 Å². The van der Waals surface area contributed by atoms with E-state index >= 15 is 0 Å². The van der Waals surface area contributed by atoms with E-state index < -0.39 is 0 Å². The highest BCUT2D eigenvalue weighted by Gasteiger charge is 1.99. The number of alkyl halides is 1. The van der Waals surface area contributed by atoms with Crippen LogP contribution in [0.5, 0.6) is 5.88 Å². The molecule has 0 aliphatic carbocycles. The van der Waals surface area contributed by atoms with Crippen molar-refractivity contribution in [2.24, 2.45) is 0 Å². The molecule has 0 aliphatic heterocycles. The maximum absolute atomic E-state index is 10.8. The molecule has 1 heterocycles. The Labute approximate surface area is 87.2 Å². The van der Waals surface area contributed by atoms with Gasteiger partial charge in [0.25, 0.3) is 0 Å². The average molecular weight is 215 g/mol. The van der Waals surface area contributed by atoms with Crippen molar-refractivity contribution in [1.82, 2.24) is 10.3 Å². The molecule has 5 heteroatoms. The van der Waals surface area contributed by atoms with Gasteiger partial charge in [-0.05, 0) is 5.56 Å². The second kappa shape index (κ2) is 5.44. The summed E-state index contributed by atoms with van der Waals surface area (Å²) in [5.74, 6) is 0.337. The lowest BCUT2D eigenvalue weighted by Crippen LogP contribution is -2.23. The number of hydrogen-bond acceptors (Lipinski definition) is 3. The average Bonchev–Trinajstić information content (AvgIpc) is 2.26. The Bertz CT molecular complexity index is 300. The molecule has 0 radical (unpaired) electrons. The Morgan fingerprint density at radius 3 is 2.93 bits per heavy atom. The van der Waals surface area contributed by atoms with E-state index in [0.717, 1.165) is 5.56 Å². The van der Waals surface area contributed by atoms with Crippen molar-refractivity contribution in [2.45, 2.75) is 6.54 Å². The normalized spacial score (nSPS) is 9.57. The van der Waals surface area contributed by atoms with E-state index in [-0.39, 0.29) is 11.8 Å². The zero-order chi connectivity index (χ0) is 10.4. The van der Waals surface area contributed by atoms with Crippen molar-refractivity contribution in [3.8, 4) is 5.88 Å². The van der Waals surface area contributed by atoms with Crippen LogP contribution in [0.2, 0.25) is 0 Å². The number of aromatic nitrogens is 1. The molecular weight excluding hydrogens is 204 g/mol. The highest BCUT2D eigenvalue weighted by atomic mass is 35.5. The maximum atomic E-state index is 10.8. The molecule has 0 bridgehead atoms. The number of halogens is 1. The van der Waals surface area contributed by atoms with Crippen LogP contribution in [0.4, 0.5) is 0 Å². The summed E-state index contributed by atoms with van der Waals surface area (Å²) in [5.41, 5.74) is 0.907. The van der Waals surface area contributed by atoms with Crippen LogP contribution in [-0.2, 0) is 11.3 Å². The van der Waals surface area contributed by atoms with Crippen LogP contribution in [0.1, 0.15) is 5.56 Å². The molecule has 1 N–H and O–H groups in total. The SMILES string of the molecule is COc1ccc(CNC(=O)CCl)cn1. The molecule has 1 aromatic heterocycles. The predicted octanol–water partition coefficient (Wildman–Crippen LogP) is 0.945.